The van der Waals surface area contributed by atoms with Crippen LogP contribution in [0.15, 0.2) is 30.5 Å². The minimum absolute atomic E-state index is 0.603. The first-order valence-corrected chi connectivity index (χ1v) is 7.84. The number of methoxy groups -OCH3 is 1. The highest BCUT2D eigenvalue weighted by Gasteiger charge is 2.14. The Bertz CT molecular complexity index is 817. The molecule has 0 radical (unpaired) electrons. The monoisotopic (exact) mass is 331 g/mol. The lowest BCUT2D eigenvalue weighted by molar-refractivity contribution is 0.210. The van der Waals surface area contributed by atoms with E-state index in [9.17, 15) is 0 Å². The number of nitrogens with zero attached hydrogens (tertiary/aromatic N) is 4. The number of para-hydroxylation sites is 1. The van der Waals surface area contributed by atoms with Crippen molar-refractivity contribution in [1.29, 1.82) is 0 Å². The summed E-state index contributed by atoms with van der Waals surface area (Å²) >= 11 is 6.30. The van der Waals surface area contributed by atoms with E-state index < -0.39 is 0 Å². The molecule has 120 valence electrons. The molecule has 1 N–H and O–H groups in total. The molecule has 0 bridgehead atoms. The van der Waals surface area contributed by atoms with Gasteiger partial charge in [0, 0.05) is 20.1 Å². The van der Waals surface area contributed by atoms with Crippen LogP contribution in [0.5, 0.6) is 0 Å². The summed E-state index contributed by atoms with van der Waals surface area (Å²) in [5.74, 6) is 1.52. The number of halogens is 1. The Morgan fingerprint density at radius 3 is 2.83 bits per heavy atom. The van der Waals surface area contributed by atoms with Crippen molar-refractivity contribution in [2.45, 2.75) is 13.3 Å². The fourth-order valence-electron chi connectivity index (χ4n) is 2.32. The van der Waals surface area contributed by atoms with E-state index in [-0.39, 0.29) is 0 Å². The molecule has 7 heteroatoms. The first kappa shape index (κ1) is 15.7. The third kappa shape index (κ3) is 3.13. The van der Waals surface area contributed by atoms with Gasteiger partial charge in [-0.3, -0.25) is 0 Å². The van der Waals surface area contributed by atoms with Crippen molar-refractivity contribution in [3.63, 3.8) is 0 Å². The highest BCUT2D eigenvalue weighted by atomic mass is 35.5. The van der Waals surface area contributed by atoms with Gasteiger partial charge in [-0.15, -0.1) is 0 Å². The van der Waals surface area contributed by atoms with Crippen LogP contribution in [-0.2, 0) is 11.2 Å². The maximum absolute atomic E-state index is 6.30. The van der Waals surface area contributed by atoms with Gasteiger partial charge in [-0.1, -0.05) is 30.7 Å². The van der Waals surface area contributed by atoms with E-state index >= 15 is 0 Å². The highest BCUT2D eigenvalue weighted by Crippen LogP contribution is 2.26. The Labute approximate surface area is 139 Å². The first-order valence-electron chi connectivity index (χ1n) is 7.47. The lowest BCUT2D eigenvalue weighted by atomic mass is 10.3. The van der Waals surface area contributed by atoms with Gasteiger partial charge in [-0.2, -0.15) is 5.10 Å². The van der Waals surface area contributed by atoms with Crippen LogP contribution in [-0.4, -0.2) is 40.0 Å². The first-order chi connectivity index (χ1) is 11.2. The zero-order valence-electron chi connectivity index (χ0n) is 13.1. The normalized spacial score (nSPS) is 11.1. The highest BCUT2D eigenvalue weighted by molar-refractivity contribution is 6.32. The number of anilines is 1. The fourth-order valence-corrected chi connectivity index (χ4v) is 2.53. The van der Waals surface area contributed by atoms with Crippen LogP contribution >= 0.6 is 11.6 Å². The van der Waals surface area contributed by atoms with Gasteiger partial charge in [-0.05, 0) is 12.1 Å². The molecule has 23 heavy (non-hydrogen) atoms. The zero-order chi connectivity index (χ0) is 16.2. The van der Waals surface area contributed by atoms with E-state index in [1.165, 1.54) is 0 Å². The predicted molar refractivity (Wildman–Crippen MR) is 91.4 cm³/mol. The summed E-state index contributed by atoms with van der Waals surface area (Å²) in [6.45, 7) is 3.30. The molecule has 0 spiro atoms. The number of nitrogens with one attached hydrogen (secondary N) is 1. The quantitative estimate of drug-likeness (QED) is 0.703. The standard InChI is InChI=1S/C16H18ClN5O/c1-3-14-20-15(18-8-9-23-2)11-10-19-22(16(11)21-14)13-7-5-4-6-12(13)17/h4-7,10H,3,8-9H2,1-2H3,(H,18,20,21). The minimum Gasteiger partial charge on any atom is -0.383 e. The molecule has 1 aromatic carbocycles. The van der Waals surface area contributed by atoms with E-state index in [2.05, 4.69) is 20.4 Å². The van der Waals surface area contributed by atoms with Gasteiger partial charge in [0.2, 0.25) is 0 Å². The van der Waals surface area contributed by atoms with Crippen LogP contribution in [0.25, 0.3) is 16.7 Å². The van der Waals surface area contributed by atoms with Gasteiger partial charge in [0.05, 0.1) is 28.9 Å². The van der Waals surface area contributed by atoms with Crippen LogP contribution in [0.2, 0.25) is 5.02 Å². The zero-order valence-corrected chi connectivity index (χ0v) is 13.8. The molecule has 0 aliphatic heterocycles. The molecule has 0 saturated carbocycles. The predicted octanol–water partition coefficient (Wildman–Crippen LogP) is 3.09. The molecular formula is C16H18ClN5O. The van der Waals surface area contributed by atoms with Crippen molar-refractivity contribution in [2.24, 2.45) is 0 Å². The van der Waals surface area contributed by atoms with Crippen LogP contribution < -0.4 is 5.32 Å². The lowest BCUT2D eigenvalue weighted by Gasteiger charge is -2.09. The molecule has 0 saturated heterocycles. The van der Waals surface area contributed by atoms with Crippen molar-refractivity contribution >= 4 is 28.5 Å². The molecule has 0 aliphatic carbocycles. The van der Waals surface area contributed by atoms with Gasteiger partial charge in [0.1, 0.15) is 11.6 Å². The van der Waals surface area contributed by atoms with Crippen LogP contribution in [0.3, 0.4) is 0 Å². The van der Waals surface area contributed by atoms with Gasteiger partial charge in [0.15, 0.2) is 5.65 Å². The van der Waals surface area contributed by atoms with Crippen LogP contribution in [0.4, 0.5) is 5.82 Å². The second kappa shape index (κ2) is 6.93. The van der Waals surface area contributed by atoms with Gasteiger partial charge < -0.3 is 10.1 Å². The number of aryl methyl sites for hydroxylation is 1. The van der Waals surface area contributed by atoms with E-state index in [4.69, 9.17) is 16.3 Å². The number of aromatic nitrogens is 4. The molecule has 0 atom stereocenters. The molecule has 2 heterocycles. The smallest absolute Gasteiger partial charge is 0.168 e. The summed E-state index contributed by atoms with van der Waals surface area (Å²) in [6, 6.07) is 7.57. The summed E-state index contributed by atoms with van der Waals surface area (Å²) in [7, 11) is 1.67. The second-order valence-corrected chi connectivity index (χ2v) is 5.41. The Kier molecular flexibility index (Phi) is 4.73. The van der Waals surface area contributed by atoms with E-state index in [0.29, 0.717) is 18.2 Å². The number of rotatable bonds is 6. The van der Waals surface area contributed by atoms with Gasteiger partial charge in [-0.25, -0.2) is 14.6 Å². The third-order valence-corrected chi connectivity index (χ3v) is 3.79. The van der Waals surface area contributed by atoms with Crippen LogP contribution in [0.1, 0.15) is 12.7 Å². The Morgan fingerprint density at radius 1 is 1.26 bits per heavy atom. The minimum atomic E-state index is 0.603. The topological polar surface area (TPSA) is 64.9 Å². The summed E-state index contributed by atoms with van der Waals surface area (Å²) < 4.78 is 6.83. The van der Waals surface area contributed by atoms with Crippen molar-refractivity contribution in [3.8, 4) is 5.69 Å². The summed E-state index contributed by atoms with van der Waals surface area (Å²) in [6.07, 6.45) is 2.50. The second-order valence-electron chi connectivity index (χ2n) is 5.01. The maximum Gasteiger partial charge on any atom is 0.168 e. The number of hydrogen-bond donors (Lipinski definition) is 1. The van der Waals surface area contributed by atoms with E-state index in [1.807, 2.05) is 31.2 Å². The molecule has 3 aromatic rings. The summed E-state index contributed by atoms with van der Waals surface area (Å²) in [5.41, 5.74) is 1.54. The SMILES string of the molecule is CCc1nc(NCCOC)c2cnn(-c3ccccc3Cl)c2n1. The Balaban J connectivity index is 2.11. The number of benzene rings is 1. The third-order valence-electron chi connectivity index (χ3n) is 3.47. The summed E-state index contributed by atoms with van der Waals surface area (Å²) in [5, 5.41) is 9.22. The maximum atomic E-state index is 6.30. The number of ether oxygens (including phenoxy) is 1. The average Bonchev–Trinajstić information content (AvgIpc) is 2.99. The largest absolute Gasteiger partial charge is 0.383 e. The molecule has 3 rings (SSSR count). The molecule has 0 amide bonds. The van der Waals surface area contributed by atoms with Crippen LogP contribution in [0, 0.1) is 0 Å². The number of hydrogen-bond acceptors (Lipinski definition) is 5. The van der Waals surface area contributed by atoms with Gasteiger partial charge in [0.25, 0.3) is 0 Å². The lowest BCUT2D eigenvalue weighted by Crippen LogP contribution is -2.11. The van der Waals surface area contributed by atoms with Crippen molar-refractivity contribution < 1.29 is 4.74 Å². The van der Waals surface area contributed by atoms with Crippen molar-refractivity contribution in [1.82, 2.24) is 19.7 Å². The molecule has 0 fully saturated rings. The molecule has 6 nitrogen and oxygen atoms in total. The van der Waals surface area contributed by atoms with Crippen molar-refractivity contribution in [2.75, 3.05) is 25.6 Å². The Morgan fingerprint density at radius 2 is 2.09 bits per heavy atom. The molecular weight excluding hydrogens is 314 g/mol. The molecule has 0 unspecified atom stereocenters. The Hall–Kier alpha value is -2.18. The van der Waals surface area contributed by atoms with Gasteiger partial charge >= 0.3 is 0 Å². The summed E-state index contributed by atoms with van der Waals surface area (Å²) in [4.78, 5) is 9.18. The molecule has 2 aromatic heterocycles. The van der Waals surface area contributed by atoms with E-state index in [0.717, 1.165) is 34.8 Å². The molecule has 0 aliphatic rings. The number of fused-ring (bicyclic) bond motifs is 1. The average molecular weight is 332 g/mol. The fraction of sp³-hybridized carbons (Fsp3) is 0.312. The van der Waals surface area contributed by atoms with Crippen molar-refractivity contribution in [3.05, 3.63) is 41.3 Å². The van der Waals surface area contributed by atoms with E-state index in [1.54, 1.807) is 18.0 Å².